The van der Waals surface area contributed by atoms with Gasteiger partial charge < -0.3 is 9.15 Å². The van der Waals surface area contributed by atoms with E-state index in [4.69, 9.17) is 9.15 Å². The zero-order chi connectivity index (χ0) is 19.5. The molecule has 7 heteroatoms. The molecular weight excluding hydrogens is 376 g/mol. The number of aromatic nitrogens is 1. The molecular formula is C21H16N2O4S. The lowest BCUT2D eigenvalue weighted by atomic mass is 10.1. The molecule has 0 atom stereocenters. The first-order valence-electron chi connectivity index (χ1n) is 8.56. The zero-order valence-corrected chi connectivity index (χ0v) is 15.8. The van der Waals surface area contributed by atoms with Crippen molar-refractivity contribution in [2.24, 2.45) is 0 Å². The second-order valence-corrected chi connectivity index (χ2v) is 7.03. The van der Waals surface area contributed by atoms with Gasteiger partial charge in [0.25, 0.3) is 5.91 Å². The van der Waals surface area contributed by atoms with Gasteiger partial charge >= 0.3 is 5.97 Å². The van der Waals surface area contributed by atoms with Crippen LogP contribution >= 0.6 is 11.3 Å². The lowest BCUT2D eigenvalue weighted by Gasteiger charge is -2.03. The summed E-state index contributed by atoms with van der Waals surface area (Å²) in [6, 6.07) is 16.8. The Labute approximate surface area is 164 Å². The molecule has 0 fully saturated rings. The number of ether oxygens (including phenoxy) is 1. The molecule has 0 aliphatic heterocycles. The van der Waals surface area contributed by atoms with E-state index in [1.807, 2.05) is 54.8 Å². The van der Waals surface area contributed by atoms with Gasteiger partial charge in [0.2, 0.25) is 5.76 Å². The third-order valence-electron chi connectivity index (χ3n) is 4.06. The van der Waals surface area contributed by atoms with Crippen molar-refractivity contribution >= 4 is 39.3 Å². The number of anilines is 1. The minimum atomic E-state index is -0.689. The average Bonchev–Trinajstić information content (AvgIpc) is 3.33. The molecule has 2 heterocycles. The summed E-state index contributed by atoms with van der Waals surface area (Å²) < 4.78 is 10.5. The maximum atomic E-state index is 12.1. The first-order valence-corrected chi connectivity index (χ1v) is 9.44. The number of thiazole rings is 1. The maximum Gasteiger partial charge on any atom is 0.374 e. The number of para-hydroxylation sites is 1. The Hall–Kier alpha value is -3.45. The predicted octanol–water partition coefficient (Wildman–Crippen LogP) is 4.66. The van der Waals surface area contributed by atoms with Crippen LogP contribution in [0, 0.1) is 6.92 Å². The number of carbonyl (C=O) groups excluding carboxylic acids is 2. The molecule has 0 bridgehead atoms. The Morgan fingerprint density at radius 2 is 1.93 bits per heavy atom. The summed E-state index contributed by atoms with van der Waals surface area (Å²) in [5, 5.41) is 5.74. The van der Waals surface area contributed by atoms with Gasteiger partial charge in [-0.2, -0.15) is 0 Å². The van der Waals surface area contributed by atoms with E-state index in [9.17, 15) is 9.59 Å². The molecule has 0 unspecified atom stereocenters. The van der Waals surface area contributed by atoms with Crippen molar-refractivity contribution in [3.63, 3.8) is 0 Å². The number of esters is 1. The summed E-state index contributed by atoms with van der Waals surface area (Å²) >= 11 is 1.31. The molecule has 4 aromatic rings. The van der Waals surface area contributed by atoms with Gasteiger partial charge in [-0.1, -0.05) is 48.0 Å². The molecule has 0 saturated carbocycles. The fourth-order valence-corrected chi connectivity index (χ4v) is 3.36. The largest absolute Gasteiger partial charge is 0.450 e. The van der Waals surface area contributed by atoms with Gasteiger partial charge in [0.1, 0.15) is 5.58 Å². The molecule has 2 aromatic carbocycles. The van der Waals surface area contributed by atoms with Crippen LogP contribution in [0.1, 0.15) is 16.1 Å². The summed E-state index contributed by atoms with van der Waals surface area (Å²) in [5.74, 6) is -1.09. The van der Waals surface area contributed by atoms with Crippen LogP contribution in [0.3, 0.4) is 0 Å². The fraction of sp³-hybridized carbons (Fsp3) is 0.0952. The highest BCUT2D eigenvalue weighted by Gasteiger charge is 2.16. The first-order chi connectivity index (χ1) is 13.6. The monoisotopic (exact) mass is 392 g/mol. The zero-order valence-electron chi connectivity index (χ0n) is 15.0. The van der Waals surface area contributed by atoms with Gasteiger partial charge in [0.05, 0.1) is 5.69 Å². The Kier molecular flexibility index (Phi) is 4.90. The van der Waals surface area contributed by atoms with Crippen LogP contribution in [0.2, 0.25) is 0 Å². The van der Waals surface area contributed by atoms with E-state index in [0.29, 0.717) is 10.7 Å². The topological polar surface area (TPSA) is 81.4 Å². The summed E-state index contributed by atoms with van der Waals surface area (Å²) in [6.45, 7) is 1.60. The van der Waals surface area contributed by atoms with Crippen LogP contribution in [-0.2, 0) is 9.53 Å². The molecule has 0 aliphatic carbocycles. The molecule has 140 valence electrons. The highest BCUT2D eigenvalue weighted by atomic mass is 32.1. The first kappa shape index (κ1) is 17.9. The molecule has 2 aromatic heterocycles. The van der Waals surface area contributed by atoms with E-state index in [1.165, 1.54) is 16.9 Å². The normalized spacial score (nSPS) is 10.8. The van der Waals surface area contributed by atoms with Crippen molar-refractivity contribution in [1.82, 2.24) is 4.98 Å². The lowest BCUT2D eigenvalue weighted by molar-refractivity contribution is -0.119. The number of rotatable bonds is 5. The number of fused-ring (bicyclic) bond motifs is 1. The van der Waals surface area contributed by atoms with Gasteiger partial charge in [0, 0.05) is 16.3 Å². The standard InChI is InChI=1S/C21H16N2O4S/c1-13-6-8-14(9-7-13)16-12-28-21(22-16)23-19(24)11-26-20(25)18-10-15-4-2-3-5-17(15)27-18/h2-10,12H,11H2,1H3,(H,22,23,24). The van der Waals surface area contributed by atoms with Crippen molar-refractivity contribution < 1.29 is 18.7 Å². The Morgan fingerprint density at radius 3 is 2.71 bits per heavy atom. The van der Waals surface area contributed by atoms with Crippen LogP contribution in [0.5, 0.6) is 0 Å². The molecule has 0 aliphatic rings. The van der Waals surface area contributed by atoms with Crippen molar-refractivity contribution in [2.75, 3.05) is 11.9 Å². The Balaban J connectivity index is 1.34. The molecule has 6 nitrogen and oxygen atoms in total. The van der Waals surface area contributed by atoms with Crippen LogP contribution in [0.4, 0.5) is 5.13 Å². The maximum absolute atomic E-state index is 12.1. The van der Waals surface area contributed by atoms with E-state index < -0.39 is 18.5 Å². The number of benzene rings is 2. The van der Waals surface area contributed by atoms with E-state index in [2.05, 4.69) is 10.3 Å². The van der Waals surface area contributed by atoms with E-state index in [0.717, 1.165) is 16.6 Å². The van der Waals surface area contributed by atoms with Gasteiger partial charge in [0.15, 0.2) is 11.7 Å². The third kappa shape index (κ3) is 3.94. The molecule has 0 radical (unpaired) electrons. The van der Waals surface area contributed by atoms with Crippen LogP contribution < -0.4 is 5.32 Å². The molecule has 1 amide bonds. The van der Waals surface area contributed by atoms with Crippen LogP contribution in [0.25, 0.3) is 22.2 Å². The molecule has 0 spiro atoms. The fourth-order valence-electron chi connectivity index (χ4n) is 2.63. The summed E-state index contributed by atoms with van der Waals surface area (Å²) in [6.07, 6.45) is 0. The lowest BCUT2D eigenvalue weighted by Crippen LogP contribution is -2.20. The second-order valence-electron chi connectivity index (χ2n) is 6.18. The van der Waals surface area contributed by atoms with Crippen molar-refractivity contribution in [1.29, 1.82) is 0 Å². The Bertz CT molecular complexity index is 1110. The number of carbonyl (C=O) groups is 2. The number of furan rings is 1. The van der Waals surface area contributed by atoms with Gasteiger partial charge in [-0.15, -0.1) is 11.3 Å². The van der Waals surface area contributed by atoms with Gasteiger partial charge in [-0.05, 0) is 19.1 Å². The molecule has 0 saturated heterocycles. The van der Waals surface area contributed by atoms with Crippen molar-refractivity contribution in [3.8, 4) is 11.3 Å². The summed E-state index contributed by atoms with van der Waals surface area (Å²) in [7, 11) is 0. The van der Waals surface area contributed by atoms with E-state index in [1.54, 1.807) is 12.1 Å². The molecule has 1 N–H and O–H groups in total. The highest BCUT2D eigenvalue weighted by Crippen LogP contribution is 2.25. The van der Waals surface area contributed by atoms with E-state index >= 15 is 0 Å². The minimum absolute atomic E-state index is 0.0601. The highest BCUT2D eigenvalue weighted by molar-refractivity contribution is 7.14. The number of aryl methyl sites for hydroxylation is 1. The quantitative estimate of drug-likeness (QED) is 0.500. The number of nitrogens with one attached hydrogen (secondary N) is 1. The smallest absolute Gasteiger partial charge is 0.374 e. The van der Waals surface area contributed by atoms with Crippen LogP contribution in [0.15, 0.2) is 64.4 Å². The van der Waals surface area contributed by atoms with Gasteiger partial charge in [-0.25, -0.2) is 9.78 Å². The van der Waals surface area contributed by atoms with Crippen molar-refractivity contribution in [2.45, 2.75) is 6.92 Å². The van der Waals surface area contributed by atoms with Crippen molar-refractivity contribution in [3.05, 3.63) is 71.3 Å². The Morgan fingerprint density at radius 1 is 1.14 bits per heavy atom. The average molecular weight is 392 g/mol. The predicted molar refractivity (Wildman–Crippen MR) is 107 cm³/mol. The number of hydrogen-bond acceptors (Lipinski definition) is 6. The second kappa shape index (κ2) is 7.66. The third-order valence-corrected chi connectivity index (χ3v) is 4.82. The minimum Gasteiger partial charge on any atom is -0.450 e. The number of hydrogen-bond donors (Lipinski definition) is 1. The summed E-state index contributed by atoms with van der Waals surface area (Å²) in [5.41, 5.74) is 3.50. The molecule has 4 rings (SSSR count). The van der Waals surface area contributed by atoms with Gasteiger partial charge in [-0.3, -0.25) is 10.1 Å². The SMILES string of the molecule is Cc1ccc(-c2csc(NC(=O)COC(=O)c3cc4ccccc4o3)n2)cc1. The number of amides is 1. The summed E-state index contributed by atoms with van der Waals surface area (Å²) in [4.78, 5) is 28.5. The van der Waals surface area contributed by atoms with Crippen LogP contribution in [-0.4, -0.2) is 23.5 Å². The number of nitrogens with zero attached hydrogens (tertiary/aromatic N) is 1. The van der Waals surface area contributed by atoms with E-state index in [-0.39, 0.29) is 5.76 Å². The molecule has 28 heavy (non-hydrogen) atoms.